The van der Waals surface area contributed by atoms with Gasteiger partial charge in [0.1, 0.15) is 0 Å². The van der Waals surface area contributed by atoms with Crippen LogP contribution < -0.4 is 5.56 Å². The Labute approximate surface area is 87.0 Å². The minimum absolute atomic E-state index is 0.0333. The minimum Gasteiger partial charge on any atom is -0.392 e. The van der Waals surface area contributed by atoms with E-state index in [1.54, 1.807) is 6.07 Å². The van der Waals surface area contributed by atoms with Crippen LogP contribution in [0.4, 0.5) is 0 Å². The van der Waals surface area contributed by atoms with E-state index >= 15 is 0 Å². The number of benzene rings is 1. The lowest BCUT2D eigenvalue weighted by molar-refractivity contribution is 0.282. The second-order valence-electron chi connectivity index (χ2n) is 3.28. The van der Waals surface area contributed by atoms with Crippen LogP contribution in [0.1, 0.15) is 5.56 Å². The lowest BCUT2D eigenvalue weighted by atomic mass is 10.1. The van der Waals surface area contributed by atoms with E-state index in [-0.39, 0.29) is 12.2 Å². The molecule has 0 aliphatic carbocycles. The smallest absolute Gasteiger partial charge is 0.248 e. The monoisotopic (exact) mass is 201 g/mol. The first kappa shape index (κ1) is 9.68. The average Bonchev–Trinajstić information content (AvgIpc) is 2.29. The van der Waals surface area contributed by atoms with Crippen molar-refractivity contribution in [2.75, 3.05) is 0 Å². The van der Waals surface area contributed by atoms with Crippen molar-refractivity contribution in [2.45, 2.75) is 6.61 Å². The minimum atomic E-state index is -0.112. The van der Waals surface area contributed by atoms with E-state index in [2.05, 4.69) is 4.98 Å². The molecule has 0 aliphatic rings. The maximum atomic E-state index is 11.1. The number of aliphatic hydroxyl groups is 1. The molecule has 0 bridgehead atoms. The fraction of sp³-hybridized carbons (Fsp3) is 0.0833. The molecular formula is C12H11NO2. The van der Waals surface area contributed by atoms with Crippen LogP contribution in [0.2, 0.25) is 0 Å². The summed E-state index contributed by atoms with van der Waals surface area (Å²) in [5.41, 5.74) is 2.47. The van der Waals surface area contributed by atoms with Crippen LogP contribution in [-0.4, -0.2) is 10.1 Å². The molecule has 2 aromatic rings. The molecule has 0 atom stereocenters. The third-order valence-electron chi connectivity index (χ3n) is 2.22. The molecule has 0 spiro atoms. The molecule has 1 aromatic carbocycles. The predicted molar refractivity (Wildman–Crippen MR) is 58.4 cm³/mol. The van der Waals surface area contributed by atoms with Crippen LogP contribution in [0.25, 0.3) is 11.3 Å². The Hall–Kier alpha value is -1.87. The third kappa shape index (κ3) is 2.14. The van der Waals surface area contributed by atoms with Gasteiger partial charge in [-0.25, -0.2) is 0 Å². The number of aromatic amines is 1. The van der Waals surface area contributed by atoms with Crippen molar-refractivity contribution < 1.29 is 5.11 Å². The van der Waals surface area contributed by atoms with E-state index < -0.39 is 0 Å². The zero-order valence-electron chi connectivity index (χ0n) is 8.10. The van der Waals surface area contributed by atoms with E-state index in [9.17, 15) is 4.79 Å². The Bertz CT molecular complexity index is 500. The molecule has 1 aromatic heterocycles. The Morgan fingerprint density at radius 3 is 2.40 bits per heavy atom. The standard InChI is InChI=1S/C12H11NO2/c14-8-9-4-6-10(7-5-9)11-2-1-3-12(15)13-11/h1-7,14H,8H2,(H,13,15). The predicted octanol–water partition coefficient (Wildman–Crippen LogP) is 1.53. The molecule has 2 N–H and O–H groups in total. The van der Waals surface area contributed by atoms with Gasteiger partial charge in [0.2, 0.25) is 5.56 Å². The number of H-pyrrole nitrogens is 1. The van der Waals surface area contributed by atoms with Crippen molar-refractivity contribution in [3.8, 4) is 11.3 Å². The quantitative estimate of drug-likeness (QED) is 0.774. The molecule has 2 rings (SSSR count). The molecule has 15 heavy (non-hydrogen) atoms. The molecule has 0 fully saturated rings. The number of hydrogen-bond acceptors (Lipinski definition) is 2. The second kappa shape index (κ2) is 4.11. The van der Waals surface area contributed by atoms with Crippen LogP contribution in [0, 0.1) is 0 Å². The third-order valence-corrected chi connectivity index (χ3v) is 2.22. The Morgan fingerprint density at radius 1 is 1.07 bits per heavy atom. The summed E-state index contributed by atoms with van der Waals surface area (Å²) >= 11 is 0. The number of aromatic nitrogens is 1. The number of rotatable bonds is 2. The van der Waals surface area contributed by atoms with Gasteiger partial charge in [-0.3, -0.25) is 4.79 Å². The molecule has 0 amide bonds. The first-order valence-electron chi connectivity index (χ1n) is 4.69. The highest BCUT2D eigenvalue weighted by Gasteiger charge is 1.97. The van der Waals surface area contributed by atoms with E-state index in [1.807, 2.05) is 30.3 Å². The summed E-state index contributed by atoms with van der Waals surface area (Å²) in [6.45, 7) is 0.0333. The van der Waals surface area contributed by atoms with Crippen molar-refractivity contribution in [3.63, 3.8) is 0 Å². The van der Waals surface area contributed by atoms with E-state index in [4.69, 9.17) is 5.11 Å². The summed E-state index contributed by atoms with van der Waals surface area (Å²) in [7, 11) is 0. The topological polar surface area (TPSA) is 53.1 Å². The maximum Gasteiger partial charge on any atom is 0.248 e. The van der Waals surface area contributed by atoms with Crippen LogP contribution >= 0.6 is 0 Å². The number of hydrogen-bond donors (Lipinski definition) is 2. The van der Waals surface area contributed by atoms with Crippen LogP contribution in [0.15, 0.2) is 47.3 Å². The molecule has 3 heteroatoms. The number of aliphatic hydroxyl groups excluding tert-OH is 1. The van der Waals surface area contributed by atoms with Gasteiger partial charge in [0.15, 0.2) is 0 Å². The van der Waals surface area contributed by atoms with Crippen molar-refractivity contribution in [1.82, 2.24) is 4.98 Å². The molecule has 0 radical (unpaired) electrons. The Balaban J connectivity index is 2.41. The summed E-state index contributed by atoms with van der Waals surface area (Å²) in [6, 6.07) is 12.4. The normalized spacial score (nSPS) is 10.2. The maximum absolute atomic E-state index is 11.1. The lowest BCUT2D eigenvalue weighted by Gasteiger charge is -2.01. The average molecular weight is 201 g/mol. The lowest BCUT2D eigenvalue weighted by Crippen LogP contribution is -2.03. The van der Waals surface area contributed by atoms with Gasteiger partial charge in [-0.1, -0.05) is 30.3 Å². The molecule has 0 aliphatic heterocycles. The fourth-order valence-corrected chi connectivity index (χ4v) is 1.41. The van der Waals surface area contributed by atoms with Gasteiger partial charge in [0.05, 0.1) is 6.61 Å². The summed E-state index contributed by atoms with van der Waals surface area (Å²) in [6.07, 6.45) is 0. The summed E-state index contributed by atoms with van der Waals surface area (Å²) < 4.78 is 0. The van der Waals surface area contributed by atoms with Crippen molar-refractivity contribution in [1.29, 1.82) is 0 Å². The first-order valence-corrected chi connectivity index (χ1v) is 4.69. The molecule has 0 saturated heterocycles. The SMILES string of the molecule is O=c1cccc(-c2ccc(CO)cc2)[nH]1. The molecule has 1 heterocycles. The molecule has 76 valence electrons. The van der Waals surface area contributed by atoms with Gasteiger partial charge < -0.3 is 10.1 Å². The van der Waals surface area contributed by atoms with Gasteiger partial charge in [-0.05, 0) is 17.2 Å². The van der Waals surface area contributed by atoms with Crippen LogP contribution in [0.5, 0.6) is 0 Å². The highest BCUT2D eigenvalue weighted by molar-refractivity contribution is 5.58. The fourth-order valence-electron chi connectivity index (χ4n) is 1.41. The van der Waals surface area contributed by atoms with Crippen molar-refractivity contribution >= 4 is 0 Å². The van der Waals surface area contributed by atoms with Gasteiger partial charge >= 0.3 is 0 Å². The van der Waals surface area contributed by atoms with Gasteiger partial charge in [-0.15, -0.1) is 0 Å². The van der Waals surface area contributed by atoms with E-state index in [0.29, 0.717) is 0 Å². The number of nitrogens with one attached hydrogen (secondary N) is 1. The zero-order valence-corrected chi connectivity index (χ0v) is 8.10. The van der Waals surface area contributed by atoms with Crippen molar-refractivity contribution in [3.05, 3.63) is 58.4 Å². The summed E-state index contributed by atoms with van der Waals surface area (Å²) in [5, 5.41) is 8.89. The van der Waals surface area contributed by atoms with E-state index in [0.717, 1.165) is 16.8 Å². The van der Waals surface area contributed by atoms with Crippen LogP contribution in [0.3, 0.4) is 0 Å². The van der Waals surface area contributed by atoms with Crippen LogP contribution in [-0.2, 0) is 6.61 Å². The highest BCUT2D eigenvalue weighted by Crippen LogP contribution is 2.15. The second-order valence-corrected chi connectivity index (χ2v) is 3.28. The Kier molecular flexibility index (Phi) is 2.65. The molecule has 0 saturated carbocycles. The van der Waals surface area contributed by atoms with Crippen molar-refractivity contribution in [2.24, 2.45) is 0 Å². The highest BCUT2D eigenvalue weighted by atomic mass is 16.3. The molecule has 3 nitrogen and oxygen atoms in total. The molecule has 0 unspecified atom stereocenters. The summed E-state index contributed by atoms with van der Waals surface area (Å²) in [5.74, 6) is 0. The number of pyridine rings is 1. The zero-order chi connectivity index (χ0) is 10.7. The first-order chi connectivity index (χ1) is 7.29. The summed E-state index contributed by atoms with van der Waals surface area (Å²) in [4.78, 5) is 13.8. The Morgan fingerprint density at radius 2 is 1.80 bits per heavy atom. The van der Waals surface area contributed by atoms with Gasteiger partial charge in [-0.2, -0.15) is 0 Å². The van der Waals surface area contributed by atoms with Gasteiger partial charge in [0.25, 0.3) is 0 Å². The largest absolute Gasteiger partial charge is 0.392 e. The van der Waals surface area contributed by atoms with Gasteiger partial charge in [0, 0.05) is 11.8 Å². The van der Waals surface area contributed by atoms with E-state index in [1.165, 1.54) is 6.07 Å². The molecular weight excluding hydrogens is 190 g/mol.